The molecule has 0 aromatic rings. The van der Waals surface area contributed by atoms with Crippen molar-refractivity contribution in [2.75, 3.05) is 19.7 Å². The van der Waals surface area contributed by atoms with Crippen molar-refractivity contribution >= 4 is 12.2 Å². The molecular weight excluding hydrogens is 298 g/mol. The van der Waals surface area contributed by atoms with Gasteiger partial charge in [-0.25, -0.2) is 4.79 Å². The van der Waals surface area contributed by atoms with E-state index in [4.69, 9.17) is 20.2 Å². The highest BCUT2D eigenvalue weighted by Crippen LogP contribution is 2.25. The molecule has 7 heteroatoms. The standard InChI is InChI=1S/C9H14N2O2.C6H13N.CO2/c1-2-6-13-11-8-4-3-5-10(7-8)9(11)12;7-6-4-2-1-3-5-6;2-1-3/h2,8H,1,3-7H2;6H,1-5,7H2;/t8-;;/m1../s1. The van der Waals surface area contributed by atoms with E-state index < -0.39 is 0 Å². The van der Waals surface area contributed by atoms with Crippen LogP contribution in [0.4, 0.5) is 4.79 Å². The van der Waals surface area contributed by atoms with Crippen molar-refractivity contribution in [1.29, 1.82) is 0 Å². The Morgan fingerprint density at radius 1 is 1.22 bits per heavy atom. The van der Waals surface area contributed by atoms with Crippen LogP contribution in [0.15, 0.2) is 12.7 Å². The lowest BCUT2D eigenvalue weighted by atomic mass is 9.97. The van der Waals surface area contributed by atoms with Gasteiger partial charge < -0.3 is 10.6 Å². The second-order valence-electron chi connectivity index (χ2n) is 5.92. The van der Waals surface area contributed by atoms with E-state index in [2.05, 4.69) is 6.58 Å². The maximum absolute atomic E-state index is 11.6. The predicted molar refractivity (Wildman–Crippen MR) is 84.0 cm³/mol. The normalized spacial score (nSPS) is 23.2. The molecule has 2 aliphatic heterocycles. The van der Waals surface area contributed by atoms with Gasteiger partial charge in [-0.15, -0.1) is 6.58 Å². The van der Waals surface area contributed by atoms with Gasteiger partial charge in [0, 0.05) is 19.1 Å². The topological polar surface area (TPSA) is 92.9 Å². The number of hydroxylamine groups is 2. The first-order valence-corrected chi connectivity index (χ1v) is 8.20. The number of nitrogens with two attached hydrogens (primary N) is 1. The van der Waals surface area contributed by atoms with Crippen molar-refractivity contribution in [2.24, 2.45) is 5.73 Å². The van der Waals surface area contributed by atoms with Gasteiger partial charge in [0.25, 0.3) is 0 Å². The molecule has 2 bridgehead atoms. The first-order valence-electron chi connectivity index (χ1n) is 8.20. The molecule has 2 amide bonds. The summed E-state index contributed by atoms with van der Waals surface area (Å²) < 4.78 is 0. The Hall–Kier alpha value is -1.69. The first-order chi connectivity index (χ1) is 11.1. The lowest BCUT2D eigenvalue weighted by molar-refractivity contribution is -0.191. The lowest BCUT2D eigenvalue weighted by Crippen LogP contribution is -2.33. The maximum Gasteiger partial charge on any atom is 0.373 e. The van der Waals surface area contributed by atoms with Crippen LogP contribution in [-0.4, -0.2) is 53.9 Å². The third kappa shape index (κ3) is 6.52. The highest BCUT2D eigenvalue weighted by Gasteiger charge is 2.40. The van der Waals surface area contributed by atoms with Crippen molar-refractivity contribution in [1.82, 2.24) is 9.96 Å². The van der Waals surface area contributed by atoms with E-state index in [1.54, 1.807) is 6.08 Å². The molecule has 1 atom stereocenters. The van der Waals surface area contributed by atoms with Gasteiger partial charge >= 0.3 is 12.2 Å². The lowest BCUT2D eigenvalue weighted by Gasteiger charge is -2.21. The molecule has 0 unspecified atom stereocenters. The fourth-order valence-corrected chi connectivity index (χ4v) is 3.04. The number of hydrogen-bond donors (Lipinski definition) is 1. The van der Waals surface area contributed by atoms with Gasteiger partial charge in [-0.1, -0.05) is 25.3 Å². The summed E-state index contributed by atoms with van der Waals surface area (Å²) in [6.07, 6.45) is 10.7. The number of urea groups is 1. The maximum atomic E-state index is 11.6. The molecule has 0 radical (unpaired) electrons. The second kappa shape index (κ2) is 10.9. The smallest absolute Gasteiger partial charge is 0.328 e. The van der Waals surface area contributed by atoms with Crippen LogP contribution in [0, 0.1) is 0 Å². The summed E-state index contributed by atoms with van der Waals surface area (Å²) in [6.45, 7) is 5.68. The number of piperidine rings is 1. The van der Waals surface area contributed by atoms with Crippen LogP contribution in [0.3, 0.4) is 0 Å². The SMILES string of the molecule is C=CCON1C(=O)N2CCC[C@@H]1C2.NC1CCCCC1.O=C=O. The third-order valence-electron chi connectivity index (χ3n) is 4.17. The Balaban J connectivity index is 0.000000223. The third-order valence-corrected chi connectivity index (χ3v) is 4.17. The molecule has 23 heavy (non-hydrogen) atoms. The number of hydrogen-bond acceptors (Lipinski definition) is 5. The summed E-state index contributed by atoms with van der Waals surface area (Å²) in [7, 11) is 0. The monoisotopic (exact) mass is 325 g/mol. The highest BCUT2D eigenvalue weighted by molar-refractivity contribution is 5.76. The molecule has 0 aromatic heterocycles. The fourth-order valence-electron chi connectivity index (χ4n) is 3.04. The second-order valence-corrected chi connectivity index (χ2v) is 5.92. The number of rotatable bonds is 3. The van der Waals surface area contributed by atoms with Crippen molar-refractivity contribution in [2.45, 2.75) is 57.0 Å². The summed E-state index contributed by atoms with van der Waals surface area (Å²) in [5.41, 5.74) is 5.63. The van der Waals surface area contributed by atoms with Crippen LogP contribution in [0.25, 0.3) is 0 Å². The van der Waals surface area contributed by atoms with Crippen LogP contribution in [0.5, 0.6) is 0 Å². The minimum atomic E-state index is 0.0179. The average Bonchev–Trinajstić information content (AvgIpc) is 2.77. The van der Waals surface area contributed by atoms with Gasteiger partial charge in [-0.2, -0.15) is 14.7 Å². The molecule has 3 aliphatic rings. The first kappa shape index (κ1) is 19.4. The molecule has 3 fully saturated rings. The largest absolute Gasteiger partial charge is 0.373 e. The Labute approximate surface area is 137 Å². The summed E-state index contributed by atoms with van der Waals surface area (Å²) >= 11 is 0. The zero-order chi connectivity index (χ0) is 17.1. The quantitative estimate of drug-likeness (QED) is 0.797. The number of carbonyl (C=O) groups is 1. The van der Waals surface area contributed by atoms with E-state index in [9.17, 15) is 4.79 Å². The summed E-state index contributed by atoms with van der Waals surface area (Å²) in [6, 6.07) is 0.819. The minimum absolute atomic E-state index is 0.0179. The molecule has 3 rings (SSSR count). The Morgan fingerprint density at radius 3 is 2.35 bits per heavy atom. The van der Waals surface area contributed by atoms with Crippen LogP contribution in [-0.2, 0) is 14.4 Å². The zero-order valence-corrected chi connectivity index (χ0v) is 13.6. The van der Waals surface area contributed by atoms with E-state index in [1.807, 2.05) is 4.90 Å². The molecule has 7 nitrogen and oxygen atoms in total. The number of amides is 2. The molecule has 130 valence electrons. The predicted octanol–water partition coefficient (Wildman–Crippen LogP) is 1.70. The average molecular weight is 325 g/mol. The van der Waals surface area contributed by atoms with E-state index in [-0.39, 0.29) is 18.2 Å². The molecule has 0 aromatic carbocycles. The molecular formula is C16H27N3O4. The van der Waals surface area contributed by atoms with Crippen molar-refractivity contribution in [3.63, 3.8) is 0 Å². The van der Waals surface area contributed by atoms with Crippen LogP contribution >= 0.6 is 0 Å². The Kier molecular flexibility index (Phi) is 9.21. The van der Waals surface area contributed by atoms with Crippen molar-refractivity contribution in [3.05, 3.63) is 12.7 Å². The molecule has 2 N–H and O–H groups in total. The van der Waals surface area contributed by atoms with E-state index in [0.29, 0.717) is 12.6 Å². The Bertz CT molecular complexity index is 404. The van der Waals surface area contributed by atoms with E-state index in [0.717, 1.165) is 25.9 Å². The summed E-state index contributed by atoms with van der Waals surface area (Å²) in [5.74, 6) is 0. The molecule has 1 aliphatic carbocycles. The fraction of sp³-hybridized carbons (Fsp3) is 0.750. The van der Waals surface area contributed by atoms with Crippen LogP contribution in [0.1, 0.15) is 44.9 Å². The van der Waals surface area contributed by atoms with E-state index in [1.165, 1.54) is 37.2 Å². The van der Waals surface area contributed by atoms with Gasteiger partial charge in [-0.3, -0.25) is 4.84 Å². The van der Waals surface area contributed by atoms with Crippen LogP contribution < -0.4 is 5.73 Å². The summed E-state index contributed by atoms with van der Waals surface area (Å²) in [5, 5.41) is 1.51. The van der Waals surface area contributed by atoms with Gasteiger partial charge in [0.05, 0.1) is 12.6 Å². The van der Waals surface area contributed by atoms with E-state index >= 15 is 0 Å². The van der Waals surface area contributed by atoms with Gasteiger partial charge in [0.2, 0.25) is 0 Å². The number of carbonyl (C=O) groups excluding carboxylic acids is 3. The number of nitrogens with zero attached hydrogens (tertiary/aromatic N) is 2. The summed E-state index contributed by atoms with van der Waals surface area (Å²) in [4.78, 5) is 35.0. The highest BCUT2D eigenvalue weighted by atomic mass is 16.7. The molecule has 1 saturated carbocycles. The van der Waals surface area contributed by atoms with Gasteiger partial charge in [0.15, 0.2) is 0 Å². The molecule has 2 saturated heterocycles. The van der Waals surface area contributed by atoms with Crippen molar-refractivity contribution in [3.8, 4) is 0 Å². The molecule has 0 spiro atoms. The van der Waals surface area contributed by atoms with Gasteiger partial charge in [0.1, 0.15) is 0 Å². The van der Waals surface area contributed by atoms with Gasteiger partial charge in [-0.05, 0) is 25.7 Å². The molecule has 2 heterocycles. The zero-order valence-electron chi connectivity index (χ0n) is 13.6. The minimum Gasteiger partial charge on any atom is -0.328 e. The van der Waals surface area contributed by atoms with Crippen LogP contribution in [0.2, 0.25) is 0 Å². The Morgan fingerprint density at radius 2 is 1.87 bits per heavy atom. The van der Waals surface area contributed by atoms with Crippen molar-refractivity contribution < 1.29 is 19.2 Å². The number of fused-ring (bicyclic) bond motifs is 2.